The Kier molecular flexibility index (Phi) is 3.37. The first-order chi connectivity index (χ1) is 7.75. The van der Waals surface area contributed by atoms with Gasteiger partial charge in [0.15, 0.2) is 0 Å². The second-order valence-electron chi connectivity index (χ2n) is 3.74. The van der Waals surface area contributed by atoms with Crippen LogP contribution in [0.4, 0.5) is 4.39 Å². The summed E-state index contributed by atoms with van der Waals surface area (Å²) in [7, 11) is 0. The van der Waals surface area contributed by atoms with Crippen LogP contribution < -0.4 is 5.32 Å². The van der Waals surface area contributed by atoms with Crippen LogP contribution in [0, 0.1) is 5.82 Å². The fraction of sp³-hybridized carbons (Fsp3) is 0.231. The summed E-state index contributed by atoms with van der Waals surface area (Å²) in [6.45, 7) is 2.73. The molecule has 3 heteroatoms. The zero-order valence-corrected chi connectivity index (χ0v) is 9.11. The first kappa shape index (κ1) is 10.9. The second kappa shape index (κ2) is 4.94. The molecule has 0 amide bonds. The largest absolute Gasteiger partial charge is 0.468 e. The third-order valence-electron chi connectivity index (χ3n) is 2.50. The Morgan fingerprint density at radius 2 is 2.00 bits per heavy atom. The molecule has 0 aliphatic rings. The van der Waals surface area contributed by atoms with Crippen molar-refractivity contribution in [3.63, 3.8) is 0 Å². The van der Waals surface area contributed by atoms with Crippen molar-refractivity contribution in [3.8, 4) is 0 Å². The molecular weight excluding hydrogens is 205 g/mol. The minimum Gasteiger partial charge on any atom is -0.468 e. The number of hydrogen-bond donors (Lipinski definition) is 1. The molecule has 0 bridgehead atoms. The Morgan fingerprint density at radius 3 is 2.62 bits per heavy atom. The van der Waals surface area contributed by atoms with Gasteiger partial charge in [-0.15, -0.1) is 0 Å². The van der Waals surface area contributed by atoms with E-state index in [1.807, 2.05) is 19.1 Å². The highest BCUT2D eigenvalue weighted by atomic mass is 19.1. The Labute approximate surface area is 94.1 Å². The predicted molar refractivity (Wildman–Crippen MR) is 60.4 cm³/mol. The Balaban J connectivity index is 1.90. The summed E-state index contributed by atoms with van der Waals surface area (Å²) in [5, 5.41) is 3.30. The minimum atomic E-state index is -0.206. The summed E-state index contributed by atoms with van der Waals surface area (Å²) in [5.41, 5.74) is 1.06. The lowest BCUT2D eigenvalue weighted by molar-refractivity contribution is 0.430. The van der Waals surface area contributed by atoms with Gasteiger partial charge in [-0.3, -0.25) is 0 Å². The van der Waals surface area contributed by atoms with Gasteiger partial charge in [-0.1, -0.05) is 12.1 Å². The molecule has 0 saturated heterocycles. The van der Waals surface area contributed by atoms with Crippen LogP contribution in [0.1, 0.15) is 24.3 Å². The molecule has 0 aliphatic carbocycles. The maximum atomic E-state index is 12.7. The van der Waals surface area contributed by atoms with E-state index in [9.17, 15) is 4.39 Å². The van der Waals surface area contributed by atoms with Crippen molar-refractivity contribution >= 4 is 0 Å². The lowest BCUT2D eigenvalue weighted by atomic mass is 10.2. The predicted octanol–water partition coefficient (Wildman–Crippen LogP) is 3.27. The molecule has 1 N–H and O–H groups in total. The summed E-state index contributed by atoms with van der Waals surface area (Å²) in [4.78, 5) is 0. The first-order valence-corrected chi connectivity index (χ1v) is 5.27. The SMILES string of the molecule is CC(NCc1ccc(F)cc1)c1ccco1. The van der Waals surface area contributed by atoms with E-state index in [0.29, 0.717) is 6.54 Å². The molecule has 1 aromatic heterocycles. The number of hydrogen-bond acceptors (Lipinski definition) is 2. The van der Waals surface area contributed by atoms with Crippen molar-refractivity contribution in [3.05, 3.63) is 59.8 Å². The zero-order chi connectivity index (χ0) is 11.4. The summed E-state index contributed by atoms with van der Waals surface area (Å²) in [6.07, 6.45) is 1.66. The molecule has 1 heterocycles. The van der Waals surface area contributed by atoms with Crippen LogP contribution in [0.3, 0.4) is 0 Å². The van der Waals surface area contributed by atoms with Crippen LogP contribution in [-0.4, -0.2) is 0 Å². The van der Waals surface area contributed by atoms with E-state index in [0.717, 1.165) is 11.3 Å². The highest BCUT2D eigenvalue weighted by Crippen LogP contribution is 2.13. The van der Waals surface area contributed by atoms with Gasteiger partial charge in [0.2, 0.25) is 0 Å². The van der Waals surface area contributed by atoms with Gasteiger partial charge >= 0.3 is 0 Å². The van der Waals surface area contributed by atoms with Crippen LogP contribution in [0.15, 0.2) is 47.1 Å². The number of halogens is 1. The van der Waals surface area contributed by atoms with E-state index in [1.54, 1.807) is 18.4 Å². The Bertz CT molecular complexity index is 422. The number of benzene rings is 1. The van der Waals surface area contributed by atoms with Crippen molar-refractivity contribution in [1.82, 2.24) is 5.32 Å². The van der Waals surface area contributed by atoms with E-state index in [-0.39, 0.29) is 11.9 Å². The van der Waals surface area contributed by atoms with Crippen molar-refractivity contribution in [1.29, 1.82) is 0 Å². The maximum absolute atomic E-state index is 12.7. The highest BCUT2D eigenvalue weighted by Gasteiger charge is 2.06. The molecule has 84 valence electrons. The van der Waals surface area contributed by atoms with Crippen molar-refractivity contribution in [2.24, 2.45) is 0 Å². The van der Waals surface area contributed by atoms with Crippen LogP contribution in [0.5, 0.6) is 0 Å². The summed E-state index contributed by atoms with van der Waals surface area (Å²) >= 11 is 0. The van der Waals surface area contributed by atoms with Crippen molar-refractivity contribution in [2.75, 3.05) is 0 Å². The molecule has 0 spiro atoms. The van der Waals surface area contributed by atoms with E-state index in [2.05, 4.69) is 5.32 Å². The van der Waals surface area contributed by atoms with E-state index in [1.165, 1.54) is 12.1 Å². The molecule has 2 nitrogen and oxygen atoms in total. The summed E-state index contributed by atoms with van der Waals surface area (Å²) in [6, 6.07) is 10.4. The van der Waals surface area contributed by atoms with E-state index >= 15 is 0 Å². The second-order valence-corrected chi connectivity index (χ2v) is 3.74. The highest BCUT2D eigenvalue weighted by molar-refractivity contribution is 5.16. The molecule has 2 rings (SSSR count). The van der Waals surface area contributed by atoms with Crippen LogP contribution >= 0.6 is 0 Å². The molecule has 0 fully saturated rings. The average molecular weight is 219 g/mol. The van der Waals surface area contributed by atoms with Gasteiger partial charge in [-0.2, -0.15) is 0 Å². The maximum Gasteiger partial charge on any atom is 0.123 e. The Morgan fingerprint density at radius 1 is 1.25 bits per heavy atom. The number of furan rings is 1. The smallest absolute Gasteiger partial charge is 0.123 e. The fourth-order valence-electron chi connectivity index (χ4n) is 1.51. The third-order valence-corrected chi connectivity index (χ3v) is 2.50. The monoisotopic (exact) mass is 219 g/mol. The molecule has 1 unspecified atom stereocenters. The molecular formula is C13H14FNO. The topological polar surface area (TPSA) is 25.2 Å². The van der Waals surface area contributed by atoms with Gasteiger partial charge in [0.25, 0.3) is 0 Å². The lowest BCUT2D eigenvalue weighted by Gasteiger charge is -2.11. The standard InChI is InChI=1S/C13H14FNO/c1-10(13-3-2-8-16-13)15-9-11-4-6-12(14)7-5-11/h2-8,10,15H,9H2,1H3. The average Bonchev–Trinajstić information content (AvgIpc) is 2.81. The van der Waals surface area contributed by atoms with E-state index in [4.69, 9.17) is 4.42 Å². The normalized spacial score (nSPS) is 12.6. The van der Waals surface area contributed by atoms with Crippen LogP contribution in [0.25, 0.3) is 0 Å². The molecule has 0 saturated carbocycles. The van der Waals surface area contributed by atoms with Crippen LogP contribution in [-0.2, 0) is 6.54 Å². The van der Waals surface area contributed by atoms with Gasteiger partial charge in [-0.25, -0.2) is 4.39 Å². The molecule has 0 radical (unpaired) electrons. The fourth-order valence-corrected chi connectivity index (χ4v) is 1.51. The lowest BCUT2D eigenvalue weighted by Crippen LogP contribution is -2.17. The van der Waals surface area contributed by atoms with Crippen molar-refractivity contribution in [2.45, 2.75) is 19.5 Å². The van der Waals surface area contributed by atoms with Gasteiger partial charge in [0.1, 0.15) is 11.6 Å². The number of nitrogens with one attached hydrogen (secondary N) is 1. The minimum absolute atomic E-state index is 0.153. The molecule has 1 atom stereocenters. The first-order valence-electron chi connectivity index (χ1n) is 5.27. The molecule has 0 aliphatic heterocycles. The van der Waals surface area contributed by atoms with Gasteiger partial charge in [0, 0.05) is 6.54 Å². The van der Waals surface area contributed by atoms with Gasteiger partial charge in [-0.05, 0) is 36.8 Å². The third kappa shape index (κ3) is 2.70. The number of rotatable bonds is 4. The van der Waals surface area contributed by atoms with Gasteiger partial charge in [0.05, 0.1) is 12.3 Å². The summed E-state index contributed by atoms with van der Waals surface area (Å²) < 4.78 is 18.0. The molecule has 1 aromatic carbocycles. The van der Waals surface area contributed by atoms with Crippen molar-refractivity contribution < 1.29 is 8.81 Å². The van der Waals surface area contributed by atoms with Crippen LogP contribution in [0.2, 0.25) is 0 Å². The zero-order valence-electron chi connectivity index (χ0n) is 9.11. The van der Waals surface area contributed by atoms with E-state index < -0.39 is 0 Å². The quantitative estimate of drug-likeness (QED) is 0.853. The molecule has 16 heavy (non-hydrogen) atoms. The molecule has 2 aromatic rings. The van der Waals surface area contributed by atoms with Gasteiger partial charge < -0.3 is 9.73 Å². The Hall–Kier alpha value is -1.61. The summed E-state index contributed by atoms with van der Waals surface area (Å²) in [5.74, 6) is 0.699.